The number of hydrogen-bond acceptors (Lipinski definition) is 1. The summed E-state index contributed by atoms with van der Waals surface area (Å²) in [5.74, 6) is 0.00488. The van der Waals surface area contributed by atoms with E-state index in [1.54, 1.807) is 6.92 Å². The van der Waals surface area contributed by atoms with Gasteiger partial charge in [0.25, 0.3) is 0 Å². The third-order valence-corrected chi connectivity index (χ3v) is 2.93. The quantitative estimate of drug-likeness (QED) is 0.560. The Morgan fingerprint density at radius 2 is 1.88 bits per heavy atom. The first-order chi connectivity index (χ1) is 7.23. The molecule has 0 saturated carbocycles. The predicted molar refractivity (Wildman–Crippen MR) is 69.5 cm³/mol. The van der Waals surface area contributed by atoms with Crippen molar-refractivity contribution in [2.75, 3.05) is 0 Å². The van der Waals surface area contributed by atoms with Crippen LogP contribution in [0.1, 0.15) is 49.2 Å². The minimum atomic E-state index is -0.464. The number of carbonyl (C=O) groups is 1. The first kappa shape index (κ1) is 13.2. The van der Waals surface area contributed by atoms with Crippen molar-refractivity contribution in [3.63, 3.8) is 0 Å². The second-order valence-corrected chi connectivity index (χ2v) is 5.91. The maximum Gasteiger partial charge on any atom is 0.180 e. The van der Waals surface area contributed by atoms with Gasteiger partial charge in [-0.05, 0) is 36.5 Å². The van der Waals surface area contributed by atoms with Gasteiger partial charge in [-0.25, -0.2) is 0 Å². The standard InChI is InChI=1S/C14H19ClO/c1-9-6-7-11(14(3,4)5)8-12(9)13(16)10(2)15/h6-8,10H,1-5H3. The first-order valence-electron chi connectivity index (χ1n) is 5.53. The van der Waals surface area contributed by atoms with Crippen molar-refractivity contribution >= 4 is 17.4 Å². The zero-order valence-corrected chi connectivity index (χ0v) is 11.4. The molecular formula is C14H19ClO. The van der Waals surface area contributed by atoms with Crippen LogP contribution in [0.15, 0.2) is 18.2 Å². The van der Waals surface area contributed by atoms with Crippen LogP contribution < -0.4 is 0 Å². The second kappa shape index (κ2) is 4.58. The van der Waals surface area contributed by atoms with Crippen molar-refractivity contribution in [1.29, 1.82) is 0 Å². The third-order valence-electron chi connectivity index (χ3n) is 2.73. The fourth-order valence-electron chi connectivity index (χ4n) is 1.57. The fourth-order valence-corrected chi connectivity index (χ4v) is 1.69. The summed E-state index contributed by atoms with van der Waals surface area (Å²) in [7, 11) is 0. The molecule has 0 amide bonds. The average Bonchev–Trinajstić information content (AvgIpc) is 2.15. The lowest BCUT2D eigenvalue weighted by Gasteiger charge is -2.20. The van der Waals surface area contributed by atoms with Gasteiger partial charge in [-0.3, -0.25) is 4.79 Å². The molecule has 1 atom stereocenters. The number of benzene rings is 1. The Kier molecular flexibility index (Phi) is 3.80. The van der Waals surface area contributed by atoms with E-state index < -0.39 is 5.38 Å². The normalized spacial score (nSPS) is 13.6. The number of hydrogen-bond donors (Lipinski definition) is 0. The molecular weight excluding hydrogens is 220 g/mol. The number of alkyl halides is 1. The molecule has 1 aromatic rings. The summed E-state index contributed by atoms with van der Waals surface area (Å²) in [5.41, 5.74) is 2.96. The van der Waals surface area contributed by atoms with Gasteiger partial charge in [-0.15, -0.1) is 11.6 Å². The van der Waals surface area contributed by atoms with Gasteiger partial charge >= 0.3 is 0 Å². The summed E-state index contributed by atoms with van der Waals surface area (Å²) in [6.07, 6.45) is 0. The Bertz CT molecular complexity index is 400. The van der Waals surface area contributed by atoms with Crippen LogP contribution in [-0.4, -0.2) is 11.2 Å². The molecule has 0 fully saturated rings. The van der Waals surface area contributed by atoms with E-state index in [0.29, 0.717) is 0 Å². The first-order valence-corrected chi connectivity index (χ1v) is 5.96. The Hall–Kier alpha value is -0.820. The van der Waals surface area contributed by atoms with E-state index in [1.807, 2.05) is 19.1 Å². The molecule has 1 nitrogen and oxygen atoms in total. The zero-order chi connectivity index (χ0) is 12.5. The van der Waals surface area contributed by atoms with Crippen LogP contribution in [-0.2, 0) is 5.41 Å². The molecule has 1 unspecified atom stereocenters. The smallest absolute Gasteiger partial charge is 0.180 e. The van der Waals surface area contributed by atoms with Crippen LogP contribution >= 0.6 is 11.6 Å². The molecule has 0 aliphatic rings. The van der Waals surface area contributed by atoms with Crippen LogP contribution in [0.4, 0.5) is 0 Å². The molecule has 0 radical (unpaired) electrons. The van der Waals surface area contributed by atoms with E-state index >= 15 is 0 Å². The summed E-state index contributed by atoms with van der Waals surface area (Å²) in [4.78, 5) is 11.9. The van der Waals surface area contributed by atoms with Crippen LogP contribution in [0, 0.1) is 6.92 Å². The Morgan fingerprint density at radius 1 is 1.31 bits per heavy atom. The van der Waals surface area contributed by atoms with Crippen molar-refractivity contribution in [2.45, 2.75) is 45.4 Å². The molecule has 1 rings (SSSR count). The Morgan fingerprint density at radius 3 is 2.31 bits per heavy atom. The summed E-state index contributed by atoms with van der Waals surface area (Å²) in [6.45, 7) is 10.1. The van der Waals surface area contributed by atoms with Crippen molar-refractivity contribution < 1.29 is 4.79 Å². The van der Waals surface area contributed by atoms with Gasteiger partial charge in [-0.2, -0.15) is 0 Å². The number of halogens is 1. The van der Waals surface area contributed by atoms with Crippen LogP contribution in [0.5, 0.6) is 0 Å². The Balaban J connectivity index is 3.25. The minimum absolute atomic E-state index is 0.00488. The van der Waals surface area contributed by atoms with Crippen LogP contribution in [0.3, 0.4) is 0 Å². The van der Waals surface area contributed by atoms with Gasteiger partial charge in [0.15, 0.2) is 5.78 Å². The zero-order valence-electron chi connectivity index (χ0n) is 10.6. The summed E-state index contributed by atoms with van der Waals surface area (Å²) < 4.78 is 0. The van der Waals surface area contributed by atoms with E-state index in [2.05, 4.69) is 26.8 Å². The van der Waals surface area contributed by atoms with Gasteiger partial charge in [-0.1, -0.05) is 32.9 Å². The lowest BCUT2D eigenvalue weighted by atomic mass is 9.84. The summed E-state index contributed by atoms with van der Waals surface area (Å²) >= 11 is 5.85. The van der Waals surface area contributed by atoms with Gasteiger partial charge < -0.3 is 0 Å². The predicted octanol–water partition coefficient (Wildman–Crippen LogP) is 4.10. The second-order valence-electron chi connectivity index (χ2n) is 5.26. The number of carbonyl (C=O) groups excluding carboxylic acids is 1. The number of Topliss-reactive ketones (excluding diaryl/α,β-unsaturated/α-hetero) is 1. The lowest BCUT2D eigenvalue weighted by Crippen LogP contribution is -2.16. The van der Waals surface area contributed by atoms with Crippen LogP contribution in [0.2, 0.25) is 0 Å². The maximum atomic E-state index is 11.9. The molecule has 0 heterocycles. The molecule has 0 aliphatic heterocycles. The molecule has 0 spiro atoms. The number of ketones is 1. The molecule has 0 bridgehead atoms. The van der Waals surface area contributed by atoms with E-state index in [1.165, 1.54) is 5.56 Å². The highest BCUT2D eigenvalue weighted by Crippen LogP contribution is 2.25. The largest absolute Gasteiger partial charge is 0.293 e. The van der Waals surface area contributed by atoms with Crippen molar-refractivity contribution in [2.24, 2.45) is 0 Å². The van der Waals surface area contributed by atoms with E-state index in [4.69, 9.17) is 11.6 Å². The van der Waals surface area contributed by atoms with Crippen molar-refractivity contribution in [3.05, 3.63) is 34.9 Å². The van der Waals surface area contributed by atoms with E-state index in [9.17, 15) is 4.79 Å². The number of aryl methyl sites for hydroxylation is 1. The highest BCUT2D eigenvalue weighted by molar-refractivity contribution is 6.33. The monoisotopic (exact) mass is 238 g/mol. The molecule has 88 valence electrons. The minimum Gasteiger partial charge on any atom is -0.293 e. The molecule has 2 heteroatoms. The molecule has 1 aromatic carbocycles. The van der Waals surface area contributed by atoms with Gasteiger partial charge in [0.2, 0.25) is 0 Å². The topological polar surface area (TPSA) is 17.1 Å². The van der Waals surface area contributed by atoms with E-state index in [0.717, 1.165) is 11.1 Å². The molecule has 0 saturated heterocycles. The van der Waals surface area contributed by atoms with Gasteiger partial charge in [0.05, 0.1) is 5.38 Å². The fraction of sp³-hybridized carbons (Fsp3) is 0.500. The van der Waals surface area contributed by atoms with E-state index in [-0.39, 0.29) is 11.2 Å². The Labute approximate surface area is 103 Å². The van der Waals surface area contributed by atoms with Crippen molar-refractivity contribution in [3.8, 4) is 0 Å². The van der Waals surface area contributed by atoms with Gasteiger partial charge in [0.1, 0.15) is 0 Å². The molecule has 16 heavy (non-hydrogen) atoms. The average molecular weight is 239 g/mol. The highest BCUT2D eigenvalue weighted by atomic mass is 35.5. The van der Waals surface area contributed by atoms with Crippen LogP contribution in [0.25, 0.3) is 0 Å². The SMILES string of the molecule is Cc1ccc(C(C)(C)C)cc1C(=O)C(C)Cl. The maximum absolute atomic E-state index is 11.9. The molecule has 0 aromatic heterocycles. The summed E-state index contributed by atoms with van der Waals surface area (Å²) in [5, 5.41) is -0.464. The van der Waals surface area contributed by atoms with Crippen molar-refractivity contribution in [1.82, 2.24) is 0 Å². The third kappa shape index (κ3) is 2.85. The molecule has 0 N–H and O–H groups in total. The summed E-state index contributed by atoms with van der Waals surface area (Å²) in [6, 6.07) is 6.04. The molecule has 0 aliphatic carbocycles. The number of rotatable bonds is 2. The van der Waals surface area contributed by atoms with Gasteiger partial charge in [0, 0.05) is 5.56 Å². The lowest BCUT2D eigenvalue weighted by molar-refractivity contribution is 0.0991. The highest BCUT2D eigenvalue weighted by Gasteiger charge is 2.19.